The number of hydrogen-bond donors (Lipinski definition) is 1. The molecule has 0 atom stereocenters. The third kappa shape index (κ3) is 5.20. The predicted octanol–water partition coefficient (Wildman–Crippen LogP) is 2.08. The SMILES string of the molecule is Cc1sc2nc(CCC(=O)N3CCN(CC(=O)N4CCCCCC4)CC3)[nH]c(=O)c2c1C. The van der Waals surface area contributed by atoms with Crippen LogP contribution >= 0.6 is 11.3 Å². The van der Waals surface area contributed by atoms with Crippen molar-refractivity contribution in [2.45, 2.75) is 52.4 Å². The van der Waals surface area contributed by atoms with E-state index in [9.17, 15) is 14.4 Å². The number of rotatable bonds is 5. The van der Waals surface area contributed by atoms with E-state index >= 15 is 0 Å². The van der Waals surface area contributed by atoms with Gasteiger partial charge in [0.25, 0.3) is 5.56 Å². The van der Waals surface area contributed by atoms with Gasteiger partial charge in [-0.05, 0) is 32.3 Å². The first-order valence-corrected chi connectivity index (χ1v) is 12.5. The summed E-state index contributed by atoms with van der Waals surface area (Å²) < 4.78 is 0. The van der Waals surface area contributed by atoms with Gasteiger partial charge in [0, 0.05) is 57.0 Å². The molecule has 0 aromatic carbocycles. The first kappa shape index (κ1) is 22.9. The molecule has 0 unspecified atom stereocenters. The number of aromatic nitrogens is 2. The first-order chi connectivity index (χ1) is 15.4. The number of carbonyl (C=O) groups is 2. The highest BCUT2D eigenvalue weighted by molar-refractivity contribution is 7.18. The molecule has 4 heterocycles. The molecule has 4 rings (SSSR count). The lowest BCUT2D eigenvalue weighted by Gasteiger charge is -2.35. The van der Waals surface area contributed by atoms with Crippen molar-refractivity contribution in [3.63, 3.8) is 0 Å². The van der Waals surface area contributed by atoms with Crippen molar-refractivity contribution in [3.8, 4) is 0 Å². The maximum atomic E-state index is 12.7. The van der Waals surface area contributed by atoms with E-state index in [1.54, 1.807) is 0 Å². The van der Waals surface area contributed by atoms with E-state index in [-0.39, 0.29) is 17.4 Å². The van der Waals surface area contributed by atoms with Crippen LogP contribution in [0.25, 0.3) is 10.2 Å². The molecule has 32 heavy (non-hydrogen) atoms. The summed E-state index contributed by atoms with van der Waals surface area (Å²) in [5.41, 5.74) is 0.857. The normalized spacial score (nSPS) is 18.2. The van der Waals surface area contributed by atoms with Crippen LogP contribution in [-0.4, -0.2) is 82.3 Å². The lowest BCUT2D eigenvalue weighted by atomic mass is 10.2. The number of aryl methyl sites for hydroxylation is 3. The number of carbonyl (C=O) groups excluding carboxylic acids is 2. The molecule has 2 amide bonds. The molecule has 2 aromatic heterocycles. The minimum atomic E-state index is -0.123. The monoisotopic (exact) mass is 459 g/mol. The number of likely N-dealkylation sites (tertiary alicyclic amines) is 1. The van der Waals surface area contributed by atoms with Gasteiger partial charge in [0.15, 0.2) is 0 Å². The third-order valence-corrected chi connectivity index (χ3v) is 7.81. The third-order valence-electron chi connectivity index (χ3n) is 6.71. The Kier molecular flexibility index (Phi) is 7.25. The van der Waals surface area contributed by atoms with E-state index in [1.165, 1.54) is 24.2 Å². The van der Waals surface area contributed by atoms with Crippen LogP contribution in [0.4, 0.5) is 0 Å². The molecule has 2 aliphatic heterocycles. The van der Waals surface area contributed by atoms with Crippen molar-refractivity contribution in [3.05, 3.63) is 26.6 Å². The van der Waals surface area contributed by atoms with Gasteiger partial charge in [-0.1, -0.05) is 12.8 Å². The Balaban J connectivity index is 1.25. The minimum absolute atomic E-state index is 0.0739. The van der Waals surface area contributed by atoms with E-state index in [0.29, 0.717) is 43.7 Å². The Morgan fingerprint density at radius 3 is 2.28 bits per heavy atom. The quantitative estimate of drug-likeness (QED) is 0.740. The molecule has 0 radical (unpaired) electrons. The molecule has 0 spiro atoms. The largest absolute Gasteiger partial charge is 0.342 e. The van der Waals surface area contributed by atoms with E-state index in [0.717, 1.165) is 54.3 Å². The summed E-state index contributed by atoms with van der Waals surface area (Å²) in [5.74, 6) is 0.861. The topological polar surface area (TPSA) is 89.6 Å². The van der Waals surface area contributed by atoms with Crippen molar-refractivity contribution < 1.29 is 9.59 Å². The highest BCUT2D eigenvalue weighted by Crippen LogP contribution is 2.25. The smallest absolute Gasteiger partial charge is 0.259 e. The summed E-state index contributed by atoms with van der Waals surface area (Å²) in [5, 5.41) is 0.661. The second-order valence-corrected chi connectivity index (χ2v) is 10.1. The summed E-state index contributed by atoms with van der Waals surface area (Å²) in [7, 11) is 0. The summed E-state index contributed by atoms with van der Waals surface area (Å²) in [4.78, 5) is 53.0. The number of amides is 2. The molecule has 8 nitrogen and oxygen atoms in total. The number of thiophene rings is 1. The van der Waals surface area contributed by atoms with E-state index in [2.05, 4.69) is 14.9 Å². The Hall–Kier alpha value is -2.26. The average molecular weight is 460 g/mol. The second-order valence-electron chi connectivity index (χ2n) is 8.93. The van der Waals surface area contributed by atoms with Gasteiger partial charge in [-0.15, -0.1) is 11.3 Å². The van der Waals surface area contributed by atoms with Crippen LogP contribution in [0.15, 0.2) is 4.79 Å². The van der Waals surface area contributed by atoms with Crippen molar-refractivity contribution in [1.82, 2.24) is 24.7 Å². The lowest BCUT2D eigenvalue weighted by molar-refractivity contribution is -0.135. The summed E-state index contributed by atoms with van der Waals surface area (Å²) in [6, 6.07) is 0. The Bertz CT molecular complexity index is 1030. The molecule has 2 saturated heterocycles. The molecule has 1 N–H and O–H groups in total. The number of aromatic amines is 1. The fourth-order valence-electron chi connectivity index (χ4n) is 4.57. The fourth-order valence-corrected chi connectivity index (χ4v) is 5.62. The summed E-state index contributed by atoms with van der Waals surface area (Å²) in [6.07, 6.45) is 5.39. The van der Waals surface area contributed by atoms with E-state index in [4.69, 9.17) is 0 Å². The number of hydrogen-bond acceptors (Lipinski definition) is 6. The zero-order valence-corrected chi connectivity index (χ0v) is 19.9. The van der Waals surface area contributed by atoms with Gasteiger partial charge in [-0.25, -0.2) is 4.98 Å². The molecule has 0 aliphatic carbocycles. The van der Waals surface area contributed by atoms with Gasteiger partial charge in [0.2, 0.25) is 11.8 Å². The van der Waals surface area contributed by atoms with Crippen LogP contribution in [0.2, 0.25) is 0 Å². The van der Waals surface area contributed by atoms with Gasteiger partial charge < -0.3 is 14.8 Å². The Labute approximate surface area is 192 Å². The maximum Gasteiger partial charge on any atom is 0.259 e. The zero-order chi connectivity index (χ0) is 22.7. The molecule has 0 bridgehead atoms. The van der Waals surface area contributed by atoms with Crippen LogP contribution in [0.3, 0.4) is 0 Å². The van der Waals surface area contributed by atoms with Crippen molar-refractivity contribution in [2.24, 2.45) is 0 Å². The maximum absolute atomic E-state index is 12.7. The number of nitrogens with zero attached hydrogens (tertiary/aromatic N) is 4. The van der Waals surface area contributed by atoms with Crippen molar-refractivity contribution in [2.75, 3.05) is 45.8 Å². The summed E-state index contributed by atoms with van der Waals surface area (Å²) >= 11 is 1.52. The average Bonchev–Trinajstić information content (AvgIpc) is 2.95. The fraction of sp³-hybridized carbons (Fsp3) is 0.652. The molecule has 2 fully saturated rings. The van der Waals surface area contributed by atoms with E-state index < -0.39 is 0 Å². The zero-order valence-electron chi connectivity index (χ0n) is 19.1. The first-order valence-electron chi connectivity index (χ1n) is 11.7. The highest BCUT2D eigenvalue weighted by Gasteiger charge is 2.24. The van der Waals surface area contributed by atoms with Crippen molar-refractivity contribution >= 4 is 33.4 Å². The predicted molar refractivity (Wildman–Crippen MR) is 126 cm³/mol. The molecular formula is C23H33N5O3S. The second kappa shape index (κ2) is 10.1. The Morgan fingerprint density at radius 2 is 1.59 bits per heavy atom. The van der Waals surface area contributed by atoms with Crippen LogP contribution in [0.5, 0.6) is 0 Å². The number of nitrogens with one attached hydrogen (secondary N) is 1. The van der Waals surface area contributed by atoms with Crippen LogP contribution in [0.1, 0.15) is 48.4 Å². The highest BCUT2D eigenvalue weighted by atomic mass is 32.1. The van der Waals surface area contributed by atoms with Crippen molar-refractivity contribution in [1.29, 1.82) is 0 Å². The Morgan fingerprint density at radius 1 is 0.938 bits per heavy atom. The molecular weight excluding hydrogens is 426 g/mol. The van der Waals surface area contributed by atoms with Gasteiger partial charge in [0.05, 0.1) is 11.9 Å². The number of piperazine rings is 1. The molecule has 174 valence electrons. The van der Waals surface area contributed by atoms with E-state index in [1.807, 2.05) is 23.6 Å². The minimum Gasteiger partial charge on any atom is -0.342 e. The molecule has 9 heteroatoms. The number of H-pyrrole nitrogens is 1. The molecule has 0 saturated carbocycles. The van der Waals surface area contributed by atoms with Crippen LogP contribution in [0, 0.1) is 13.8 Å². The standard InChI is InChI=1S/C23H33N5O3S/c1-16-17(2)32-23-21(16)22(31)24-18(25-23)7-8-19(29)28-13-11-26(12-14-28)15-20(30)27-9-5-3-4-6-10-27/h3-15H2,1-2H3,(H,24,25,31). The van der Waals surface area contributed by atoms with Gasteiger partial charge in [0.1, 0.15) is 10.7 Å². The van der Waals surface area contributed by atoms with Crippen LogP contribution < -0.4 is 5.56 Å². The molecule has 2 aromatic rings. The van der Waals surface area contributed by atoms with Gasteiger partial charge >= 0.3 is 0 Å². The molecule has 2 aliphatic rings. The van der Waals surface area contributed by atoms with Crippen LogP contribution in [-0.2, 0) is 16.0 Å². The van der Waals surface area contributed by atoms with Gasteiger partial charge in [-0.3, -0.25) is 19.3 Å². The van der Waals surface area contributed by atoms with Gasteiger partial charge in [-0.2, -0.15) is 0 Å². The lowest BCUT2D eigenvalue weighted by Crippen LogP contribution is -2.51. The number of fused-ring (bicyclic) bond motifs is 1. The summed E-state index contributed by atoms with van der Waals surface area (Å²) in [6.45, 7) is 8.86.